The minimum atomic E-state index is -0.287. The van der Waals surface area contributed by atoms with Gasteiger partial charge in [-0.2, -0.15) is 0 Å². The molecule has 0 bridgehead atoms. The molecule has 4 aromatic rings. The van der Waals surface area contributed by atoms with E-state index in [1.807, 2.05) is 41.8 Å². The Morgan fingerprint density at radius 2 is 1.82 bits per heavy atom. The summed E-state index contributed by atoms with van der Waals surface area (Å²) < 4.78 is 24.1. The van der Waals surface area contributed by atoms with Gasteiger partial charge >= 0.3 is 0 Å². The number of hydrogen-bond donors (Lipinski definition) is 1. The van der Waals surface area contributed by atoms with Crippen molar-refractivity contribution in [3.8, 4) is 22.8 Å². The molecule has 33 heavy (non-hydrogen) atoms. The van der Waals surface area contributed by atoms with Gasteiger partial charge in [-0.25, -0.2) is 9.37 Å². The number of nitrogens with one attached hydrogen (secondary N) is 1. The lowest BCUT2D eigenvalue weighted by molar-refractivity contribution is -0.111. The third-order valence-electron chi connectivity index (χ3n) is 4.72. The van der Waals surface area contributed by atoms with Crippen LogP contribution in [-0.4, -0.2) is 18.0 Å². The Balaban J connectivity index is 1.30. The van der Waals surface area contributed by atoms with E-state index >= 15 is 0 Å². The average molecular weight is 461 g/mol. The highest BCUT2D eigenvalue weighted by atomic mass is 32.1. The molecule has 0 aliphatic carbocycles. The fourth-order valence-corrected chi connectivity index (χ4v) is 3.74. The van der Waals surface area contributed by atoms with Gasteiger partial charge < -0.3 is 9.47 Å². The van der Waals surface area contributed by atoms with E-state index in [1.54, 1.807) is 37.5 Å². The van der Waals surface area contributed by atoms with Crippen LogP contribution in [0, 0.1) is 5.82 Å². The summed E-state index contributed by atoms with van der Waals surface area (Å²) in [5.41, 5.74) is 3.34. The summed E-state index contributed by atoms with van der Waals surface area (Å²) in [5.74, 6) is 0.884. The first kappa shape index (κ1) is 22.2. The van der Waals surface area contributed by atoms with Gasteiger partial charge in [0.25, 0.3) is 0 Å². The molecule has 0 saturated heterocycles. The number of thiazole rings is 1. The second-order valence-electron chi connectivity index (χ2n) is 7.08. The summed E-state index contributed by atoms with van der Waals surface area (Å²) in [6.45, 7) is 0.279. The van der Waals surface area contributed by atoms with Gasteiger partial charge in [-0.05, 0) is 65.7 Å². The number of carbonyl (C=O) groups is 1. The van der Waals surface area contributed by atoms with Gasteiger partial charge in [-0.3, -0.25) is 10.1 Å². The van der Waals surface area contributed by atoms with E-state index in [9.17, 15) is 9.18 Å². The first-order chi connectivity index (χ1) is 16.1. The molecular weight excluding hydrogens is 439 g/mol. The van der Waals surface area contributed by atoms with Gasteiger partial charge in [0.15, 0.2) is 5.13 Å². The van der Waals surface area contributed by atoms with Crippen LogP contribution < -0.4 is 14.8 Å². The lowest BCUT2D eigenvalue weighted by Crippen LogP contribution is -2.07. The number of nitrogens with zero attached hydrogens (tertiary/aromatic N) is 1. The summed E-state index contributed by atoms with van der Waals surface area (Å²) in [6.07, 6.45) is 3.17. The Morgan fingerprint density at radius 1 is 1.06 bits per heavy atom. The van der Waals surface area contributed by atoms with E-state index in [0.717, 1.165) is 28.1 Å². The monoisotopic (exact) mass is 460 g/mol. The predicted molar refractivity (Wildman–Crippen MR) is 129 cm³/mol. The quantitative estimate of drug-likeness (QED) is 0.319. The number of amides is 1. The van der Waals surface area contributed by atoms with Gasteiger partial charge in [0.1, 0.15) is 23.9 Å². The molecule has 0 fully saturated rings. The van der Waals surface area contributed by atoms with E-state index < -0.39 is 0 Å². The van der Waals surface area contributed by atoms with Gasteiger partial charge in [0.05, 0.1) is 12.8 Å². The van der Waals surface area contributed by atoms with Crippen molar-refractivity contribution >= 4 is 28.5 Å². The molecule has 0 radical (unpaired) electrons. The van der Waals surface area contributed by atoms with Crippen molar-refractivity contribution in [1.29, 1.82) is 0 Å². The molecule has 5 nitrogen and oxygen atoms in total. The lowest BCUT2D eigenvalue weighted by atomic mass is 10.2. The number of aromatic nitrogens is 1. The van der Waals surface area contributed by atoms with Gasteiger partial charge in [-0.1, -0.05) is 24.3 Å². The molecule has 1 heterocycles. The minimum Gasteiger partial charge on any atom is -0.497 e. The summed E-state index contributed by atoms with van der Waals surface area (Å²) in [4.78, 5) is 16.7. The molecule has 0 unspecified atom stereocenters. The zero-order valence-electron chi connectivity index (χ0n) is 17.8. The maximum absolute atomic E-state index is 13.2. The SMILES string of the molecule is COc1ccc(-c2csc(NC(=O)/C=C/c3ccc(OCc4cccc(F)c4)cc3)n2)cc1. The first-order valence-corrected chi connectivity index (χ1v) is 11.0. The van der Waals surface area contributed by atoms with Crippen molar-refractivity contribution in [2.75, 3.05) is 12.4 Å². The van der Waals surface area contributed by atoms with E-state index in [-0.39, 0.29) is 18.3 Å². The standard InChI is InChI=1S/C26H21FN2O3S/c1-31-22-12-8-20(9-13-22)24-17-33-26(28-24)29-25(30)14-7-18-5-10-23(11-6-18)32-16-19-3-2-4-21(27)15-19/h2-15,17H,16H2,1H3,(H,28,29,30)/b14-7+. The van der Waals surface area contributed by atoms with Crippen molar-refractivity contribution < 1.29 is 18.7 Å². The van der Waals surface area contributed by atoms with Crippen LogP contribution in [0.4, 0.5) is 9.52 Å². The molecule has 7 heteroatoms. The highest BCUT2D eigenvalue weighted by Gasteiger charge is 2.07. The lowest BCUT2D eigenvalue weighted by Gasteiger charge is -2.06. The molecule has 3 aromatic carbocycles. The second kappa shape index (κ2) is 10.6. The summed E-state index contributed by atoms with van der Waals surface area (Å²) in [5, 5.41) is 5.20. The van der Waals surface area contributed by atoms with E-state index in [0.29, 0.717) is 10.9 Å². The Morgan fingerprint density at radius 3 is 2.55 bits per heavy atom. The maximum atomic E-state index is 13.2. The molecule has 166 valence electrons. The van der Waals surface area contributed by atoms with Crippen molar-refractivity contribution in [2.24, 2.45) is 0 Å². The van der Waals surface area contributed by atoms with E-state index in [4.69, 9.17) is 9.47 Å². The molecule has 4 rings (SSSR count). The minimum absolute atomic E-state index is 0.267. The number of rotatable bonds is 8. The van der Waals surface area contributed by atoms with Crippen LogP contribution in [-0.2, 0) is 11.4 Å². The Bertz CT molecular complexity index is 1250. The Kier molecular flexibility index (Phi) is 7.12. The Labute approximate surface area is 195 Å². The van der Waals surface area contributed by atoms with Crippen LogP contribution in [0.1, 0.15) is 11.1 Å². The van der Waals surface area contributed by atoms with Gasteiger partial charge in [0.2, 0.25) is 5.91 Å². The average Bonchev–Trinajstić information content (AvgIpc) is 3.30. The zero-order chi connectivity index (χ0) is 23.0. The molecule has 0 atom stereocenters. The first-order valence-electron chi connectivity index (χ1n) is 10.2. The van der Waals surface area contributed by atoms with Gasteiger partial charge in [-0.15, -0.1) is 11.3 Å². The number of hydrogen-bond acceptors (Lipinski definition) is 5. The van der Waals surface area contributed by atoms with Crippen LogP contribution in [0.3, 0.4) is 0 Å². The second-order valence-corrected chi connectivity index (χ2v) is 7.93. The molecule has 1 N–H and O–H groups in total. The van der Waals surface area contributed by atoms with Crippen LogP contribution in [0.5, 0.6) is 11.5 Å². The van der Waals surface area contributed by atoms with E-state index in [2.05, 4.69) is 10.3 Å². The molecule has 0 aliphatic heterocycles. The van der Waals surface area contributed by atoms with Crippen LogP contribution in [0.15, 0.2) is 84.3 Å². The van der Waals surface area contributed by atoms with Crippen molar-refractivity contribution in [1.82, 2.24) is 4.98 Å². The Hall–Kier alpha value is -3.97. The van der Waals surface area contributed by atoms with E-state index in [1.165, 1.54) is 29.5 Å². The smallest absolute Gasteiger partial charge is 0.250 e. The molecule has 1 aromatic heterocycles. The molecule has 1 amide bonds. The summed E-state index contributed by atoms with van der Waals surface area (Å²) in [6, 6.07) is 21.2. The third kappa shape index (κ3) is 6.27. The highest BCUT2D eigenvalue weighted by Crippen LogP contribution is 2.26. The topological polar surface area (TPSA) is 60.5 Å². The normalized spacial score (nSPS) is 10.8. The summed E-state index contributed by atoms with van der Waals surface area (Å²) in [7, 11) is 1.62. The third-order valence-corrected chi connectivity index (χ3v) is 5.48. The molecule has 0 aliphatic rings. The van der Waals surface area contributed by atoms with Crippen molar-refractivity contribution in [2.45, 2.75) is 6.61 Å². The zero-order valence-corrected chi connectivity index (χ0v) is 18.6. The van der Waals surface area contributed by atoms with Crippen LogP contribution in [0.25, 0.3) is 17.3 Å². The number of anilines is 1. The van der Waals surface area contributed by atoms with Crippen molar-refractivity contribution in [3.05, 3.63) is 101 Å². The van der Waals surface area contributed by atoms with Gasteiger partial charge in [0, 0.05) is 17.0 Å². The fourth-order valence-electron chi connectivity index (χ4n) is 3.01. The predicted octanol–water partition coefficient (Wildman–Crippen LogP) is 6.19. The maximum Gasteiger partial charge on any atom is 0.250 e. The summed E-state index contributed by atoms with van der Waals surface area (Å²) >= 11 is 1.36. The number of benzene rings is 3. The number of halogens is 1. The highest BCUT2D eigenvalue weighted by molar-refractivity contribution is 7.14. The fraction of sp³-hybridized carbons (Fsp3) is 0.0769. The molecule has 0 spiro atoms. The number of carbonyl (C=O) groups excluding carboxylic acids is 1. The van der Waals surface area contributed by atoms with Crippen LogP contribution in [0.2, 0.25) is 0 Å². The molecule has 0 saturated carbocycles. The molecular formula is C26H21FN2O3S. The number of ether oxygens (including phenoxy) is 2. The van der Waals surface area contributed by atoms with Crippen LogP contribution >= 0.6 is 11.3 Å². The number of methoxy groups -OCH3 is 1. The largest absolute Gasteiger partial charge is 0.497 e. The van der Waals surface area contributed by atoms with Crippen molar-refractivity contribution in [3.63, 3.8) is 0 Å².